The molecule has 2 aromatic rings. The van der Waals surface area contributed by atoms with E-state index >= 15 is 0 Å². The van der Waals surface area contributed by atoms with Crippen molar-refractivity contribution in [3.8, 4) is 5.75 Å². The number of nitrogens with zero attached hydrogens (tertiary/aromatic N) is 3. The van der Waals surface area contributed by atoms with Gasteiger partial charge in [-0.25, -0.2) is 0 Å². The third-order valence-corrected chi connectivity index (χ3v) is 7.77. The highest BCUT2D eigenvalue weighted by molar-refractivity contribution is 9.10. The molecule has 1 fully saturated rings. The Bertz CT molecular complexity index is 1020. The van der Waals surface area contributed by atoms with Crippen LogP contribution >= 0.6 is 27.7 Å². The van der Waals surface area contributed by atoms with Crippen LogP contribution in [-0.4, -0.2) is 54.3 Å². The summed E-state index contributed by atoms with van der Waals surface area (Å²) in [4.78, 5) is 14.3. The molecule has 2 aromatic carbocycles. The Morgan fingerprint density at radius 1 is 1.16 bits per heavy atom. The van der Waals surface area contributed by atoms with Crippen molar-refractivity contribution in [2.75, 3.05) is 33.3 Å². The maximum atomic E-state index is 8.60. The Kier molecular flexibility index (Phi) is 5.81. The Morgan fingerprint density at radius 3 is 2.68 bits per heavy atom. The smallest absolute Gasteiger partial charge is 0.166 e. The largest absolute Gasteiger partial charge is 0.497 e. The zero-order chi connectivity index (χ0) is 21.4. The number of hydrogen-bond acceptors (Lipinski definition) is 6. The quantitative estimate of drug-likeness (QED) is 0.654. The van der Waals surface area contributed by atoms with Crippen LogP contribution in [0.5, 0.6) is 5.75 Å². The van der Waals surface area contributed by atoms with Gasteiger partial charge in [-0.2, -0.15) is 5.06 Å². The first-order valence-electron chi connectivity index (χ1n) is 10.4. The van der Waals surface area contributed by atoms with Crippen molar-refractivity contribution < 1.29 is 9.57 Å². The third-order valence-electron chi connectivity index (χ3n) is 6.31. The first-order valence-corrected chi connectivity index (χ1v) is 12.1. The molecule has 0 amide bonds. The van der Waals surface area contributed by atoms with Crippen molar-refractivity contribution in [3.05, 3.63) is 58.1 Å². The molecule has 0 aromatic heterocycles. The third kappa shape index (κ3) is 4.26. The van der Waals surface area contributed by atoms with E-state index in [1.807, 2.05) is 24.3 Å². The van der Waals surface area contributed by atoms with Crippen LogP contribution in [0.4, 0.5) is 0 Å². The molecule has 6 nitrogen and oxygen atoms in total. The lowest BCUT2D eigenvalue weighted by molar-refractivity contribution is -0.192. The fourth-order valence-corrected chi connectivity index (χ4v) is 5.84. The fraction of sp³-hybridized carbons (Fsp3) is 0.391. The van der Waals surface area contributed by atoms with Crippen LogP contribution in [0.3, 0.4) is 0 Å². The molecule has 162 valence electrons. The molecule has 0 aliphatic carbocycles. The van der Waals surface area contributed by atoms with E-state index in [0.717, 1.165) is 71.1 Å². The number of thioether (sulfide) groups is 1. The second-order valence-corrected chi connectivity index (χ2v) is 10.3. The summed E-state index contributed by atoms with van der Waals surface area (Å²) in [5, 5.41) is 11.2. The van der Waals surface area contributed by atoms with Gasteiger partial charge >= 0.3 is 0 Å². The summed E-state index contributed by atoms with van der Waals surface area (Å²) >= 11 is 5.06. The van der Waals surface area contributed by atoms with Gasteiger partial charge in [-0.3, -0.25) is 15.2 Å². The predicted octanol–water partition coefficient (Wildman–Crippen LogP) is 4.77. The van der Waals surface area contributed by atoms with Crippen molar-refractivity contribution in [1.82, 2.24) is 9.96 Å². The second kappa shape index (κ2) is 8.58. The van der Waals surface area contributed by atoms with Gasteiger partial charge in [-0.1, -0.05) is 39.8 Å². The monoisotopic (exact) mass is 500 g/mol. The number of benzene rings is 2. The number of hydroxylamine groups is 2. The van der Waals surface area contributed by atoms with Crippen molar-refractivity contribution in [3.63, 3.8) is 0 Å². The Balaban J connectivity index is 1.22. The van der Waals surface area contributed by atoms with Crippen molar-refractivity contribution in [2.45, 2.75) is 24.3 Å². The zero-order valence-corrected chi connectivity index (χ0v) is 19.8. The Hall–Kier alpha value is -1.87. The normalized spacial score (nSPS) is 20.3. The molecular weight excluding hydrogens is 476 g/mol. The van der Waals surface area contributed by atoms with E-state index in [0.29, 0.717) is 11.8 Å². The maximum Gasteiger partial charge on any atom is 0.166 e. The summed E-state index contributed by atoms with van der Waals surface area (Å²) in [5.74, 6) is 1.81. The van der Waals surface area contributed by atoms with Crippen molar-refractivity contribution >= 4 is 38.7 Å². The summed E-state index contributed by atoms with van der Waals surface area (Å²) in [6.07, 6.45) is 2.04. The highest BCUT2D eigenvalue weighted by Crippen LogP contribution is 2.41. The molecule has 1 N–H and O–H groups in total. The van der Waals surface area contributed by atoms with Gasteiger partial charge in [-0.05, 0) is 48.7 Å². The first-order chi connectivity index (χ1) is 15.0. The molecule has 8 heteroatoms. The number of fused-ring (bicyclic) bond motifs is 3. The molecule has 3 aliphatic heterocycles. The van der Waals surface area contributed by atoms with Crippen molar-refractivity contribution in [2.24, 2.45) is 10.4 Å². The SMILES string of the molecule is COc1ccc(CON2CCC3(CC2)CN=C2c4ccc(Br)cc4SC(=N)N2C3)cc1. The average molecular weight is 501 g/mol. The summed E-state index contributed by atoms with van der Waals surface area (Å²) < 4.78 is 6.25. The number of ether oxygens (including phenoxy) is 1. The minimum absolute atomic E-state index is 0.114. The number of rotatable bonds is 4. The number of amidine groups is 2. The van der Waals surface area contributed by atoms with Gasteiger partial charge in [0.15, 0.2) is 5.17 Å². The van der Waals surface area contributed by atoms with Crippen LogP contribution in [0.2, 0.25) is 0 Å². The molecule has 0 atom stereocenters. The highest BCUT2D eigenvalue weighted by atomic mass is 79.9. The minimum Gasteiger partial charge on any atom is -0.497 e. The molecule has 31 heavy (non-hydrogen) atoms. The number of halogens is 1. The van der Waals surface area contributed by atoms with Gasteiger partial charge in [0.25, 0.3) is 0 Å². The Labute approximate surface area is 195 Å². The van der Waals surface area contributed by atoms with E-state index < -0.39 is 0 Å². The summed E-state index contributed by atoms with van der Waals surface area (Å²) in [7, 11) is 1.68. The highest BCUT2D eigenvalue weighted by Gasteiger charge is 2.43. The number of hydrogen-bond donors (Lipinski definition) is 1. The zero-order valence-electron chi connectivity index (χ0n) is 17.4. The lowest BCUT2D eigenvalue weighted by Gasteiger charge is -2.47. The van der Waals surface area contributed by atoms with Gasteiger partial charge < -0.3 is 9.64 Å². The maximum absolute atomic E-state index is 8.60. The standard InChI is InChI=1S/C23H25BrN4O2S/c1-29-18-5-2-16(3-6-18)13-30-27-10-8-23(9-11-27)14-26-21-19-7-4-17(24)12-20(19)31-22(25)28(21)15-23/h2-7,12,25H,8-11,13-15H2,1H3. The molecule has 0 bridgehead atoms. The van der Waals surface area contributed by atoms with Crippen LogP contribution in [0.1, 0.15) is 24.0 Å². The first kappa shape index (κ1) is 21.0. The topological polar surface area (TPSA) is 61.2 Å². The molecule has 1 saturated heterocycles. The van der Waals surface area contributed by atoms with Crippen LogP contribution in [0.15, 0.2) is 56.8 Å². The van der Waals surface area contributed by atoms with Gasteiger partial charge in [0, 0.05) is 46.5 Å². The molecular formula is C23H25BrN4O2S. The van der Waals surface area contributed by atoms with E-state index in [2.05, 4.69) is 44.1 Å². The summed E-state index contributed by atoms with van der Waals surface area (Å²) in [6, 6.07) is 14.2. The number of aliphatic imine (C=N–C) groups is 1. The second-order valence-electron chi connectivity index (χ2n) is 8.32. The van der Waals surface area contributed by atoms with Gasteiger partial charge in [0.1, 0.15) is 11.6 Å². The summed E-state index contributed by atoms with van der Waals surface area (Å²) in [6.45, 7) is 4.02. The molecule has 0 saturated carbocycles. The fourth-order valence-electron chi connectivity index (χ4n) is 4.40. The predicted molar refractivity (Wildman–Crippen MR) is 127 cm³/mol. The number of piperidine rings is 1. The van der Waals surface area contributed by atoms with E-state index in [1.165, 1.54) is 11.8 Å². The van der Waals surface area contributed by atoms with Crippen LogP contribution in [0, 0.1) is 10.8 Å². The lowest BCUT2D eigenvalue weighted by Crippen LogP contribution is -2.54. The molecule has 0 unspecified atom stereocenters. The van der Waals surface area contributed by atoms with Gasteiger partial charge in [0.05, 0.1) is 13.7 Å². The van der Waals surface area contributed by atoms with E-state index in [1.54, 1.807) is 7.11 Å². The van der Waals surface area contributed by atoms with Crippen LogP contribution in [-0.2, 0) is 11.4 Å². The van der Waals surface area contributed by atoms with Crippen molar-refractivity contribution in [1.29, 1.82) is 5.41 Å². The number of nitrogens with one attached hydrogen (secondary N) is 1. The molecule has 0 radical (unpaired) electrons. The molecule has 1 spiro atoms. The van der Waals surface area contributed by atoms with Crippen LogP contribution in [0.25, 0.3) is 0 Å². The average Bonchev–Trinajstić information content (AvgIpc) is 2.79. The van der Waals surface area contributed by atoms with E-state index in [4.69, 9.17) is 20.0 Å². The molecule has 3 heterocycles. The molecule has 3 aliphatic rings. The molecule has 5 rings (SSSR count). The summed E-state index contributed by atoms with van der Waals surface area (Å²) in [5.41, 5.74) is 2.39. The van der Waals surface area contributed by atoms with Gasteiger partial charge in [-0.15, -0.1) is 0 Å². The van der Waals surface area contributed by atoms with Gasteiger partial charge in [0.2, 0.25) is 0 Å². The minimum atomic E-state index is 0.114. The number of methoxy groups -OCH3 is 1. The van der Waals surface area contributed by atoms with Crippen LogP contribution < -0.4 is 4.74 Å². The lowest BCUT2D eigenvalue weighted by atomic mass is 9.77. The van der Waals surface area contributed by atoms with E-state index in [-0.39, 0.29) is 5.41 Å². The Morgan fingerprint density at radius 2 is 1.94 bits per heavy atom. The van der Waals surface area contributed by atoms with E-state index in [9.17, 15) is 0 Å².